The molecule has 211 valence electrons. The van der Waals surface area contributed by atoms with E-state index in [0.717, 1.165) is 0 Å². The summed E-state index contributed by atoms with van der Waals surface area (Å²) < 4.78 is 6.21. The molecule has 0 saturated heterocycles. The molecule has 1 atom stereocenters. The summed E-state index contributed by atoms with van der Waals surface area (Å²) in [4.78, 5) is 0. The van der Waals surface area contributed by atoms with Gasteiger partial charge in [-0.1, -0.05) is 6.92 Å². The molecule has 3 rings (SSSR count). The third-order valence-corrected chi connectivity index (χ3v) is 28.2. The summed E-state index contributed by atoms with van der Waals surface area (Å²) in [6.45, 7) is 13.1. The van der Waals surface area contributed by atoms with E-state index in [9.17, 15) is 0 Å². The normalized spacial score (nSPS) is 15.1. The third kappa shape index (κ3) is 10.2. The van der Waals surface area contributed by atoms with Gasteiger partial charge in [-0.3, -0.25) is 0 Å². The van der Waals surface area contributed by atoms with Crippen LogP contribution in [-0.2, 0) is 21.2 Å². The van der Waals surface area contributed by atoms with E-state index in [4.69, 9.17) is 0 Å². The van der Waals surface area contributed by atoms with Crippen LogP contribution in [0.25, 0.3) is 0 Å². The van der Waals surface area contributed by atoms with Gasteiger partial charge in [-0.25, -0.2) is 0 Å². The van der Waals surface area contributed by atoms with Gasteiger partial charge in [0.05, 0.1) is 0 Å². The summed E-state index contributed by atoms with van der Waals surface area (Å²) in [6, 6.07) is 23.1. The summed E-state index contributed by atoms with van der Waals surface area (Å²) in [5, 5.41) is 3.26. The Morgan fingerprint density at radius 3 is 1.53 bits per heavy atom. The minimum Gasteiger partial charge on any atom is -0.147 e. The first-order valence-corrected chi connectivity index (χ1v) is 23.1. The van der Waals surface area contributed by atoms with E-state index < -0.39 is 27.1 Å². The van der Waals surface area contributed by atoms with Gasteiger partial charge < -0.3 is 0 Å². The van der Waals surface area contributed by atoms with Crippen LogP contribution >= 0.6 is 24.8 Å². The molecule has 2 aromatic carbocycles. The van der Waals surface area contributed by atoms with Crippen LogP contribution in [0.1, 0.15) is 98.8 Å². The van der Waals surface area contributed by atoms with Gasteiger partial charge in [0, 0.05) is 0 Å². The fraction of sp³-hybridized carbons (Fsp3) is 0.515. The second-order valence-electron chi connectivity index (χ2n) is 10.8. The van der Waals surface area contributed by atoms with Crippen LogP contribution in [0.15, 0.2) is 80.7 Å². The molecule has 0 bridgehead atoms. The summed E-state index contributed by atoms with van der Waals surface area (Å²) in [7, 11) is 0. The molecule has 0 heterocycles. The summed E-state index contributed by atoms with van der Waals surface area (Å²) >= 11 is -2.17. The zero-order chi connectivity index (χ0) is 25.8. The number of nitrogens with one attached hydrogen (secondary N) is 1. The summed E-state index contributed by atoms with van der Waals surface area (Å²) in [6.07, 6.45) is 14.1. The zero-order valence-electron chi connectivity index (χ0n) is 24.5. The molecule has 2 aromatic rings. The van der Waals surface area contributed by atoms with Crippen molar-refractivity contribution in [1.82, 2.24) is 3.26 Å². The number of allylic oxidation sites excluding steroid dienone is 4. The summed E-state index contributed by atoms with van der Waals surface area (Å²) in [5.41, 5.74) is 4.79. The molecular formula is C33H52Cl2NSiZr. The molecule has 1 nitrogen and oxygen atoms in total. The number of benzene rings is 2. The van der Waals surface area contributed by atoms with Crippen molar-refractivity contribution < 1.29 is 21.2 Å². The molecule has 1 aliphatic carbocycles. The van der Waals surface area contributed by atoms with Crippen molar-refractivity contribution in [2.45, 2.75) is 98.8 Å². The number of hydrogen-bond acceptors (Lipinski definition) is 1. The third-order valence-electron chi connectivity index (χ3n) is 8.33. The van der Waals surface area contributed by atoms with Gasteiger partial charge in [0.15, 0.2) is 0 Å². The molecule has 38 heavy (non-hydrogen) atoms. The largest absolute Gasteiger partial charge is 0.147 e. The van der Waals surface area contributed by atoms with Crippen molar-refractivity contribution in [2.75, 3.05) is 6.54 Å². The Labute approximate surface area is 255 Å². The van der Waals surface area contributed by atoms with E-state index in [1.54, 1.807) is 27.1 Å². The average Bonchev–Trinajstić information content (AvgIpc) is 3.10. The van der Waals surface area contributed by atoms with Crippen LogP contribution in [0.5, 0.6) is 0 Å². The fourth-order valence-corrected chi connectivity index (χ4v) is 28.4. The van der Waals surface area contributed by atoms with Crippen LogP contribution in [-0.4, -0.2) is 12.5 Å². The topological polar surface area (TPSA) is 12.0 Å². The Bertz CT molecular complexity index is 938. The molecule has 1 aliphatic rings. The number of hydrogen-bond donors (Lipinski definition) is 1. The van der Waals surface area contributed by atoms with Gasteiger partial charge >= 0.3 is 226 Å². The van der Waals surface area contributed by atoms with E-state index >= 15 is 0 Å². The molecule has 0 amide bonds. The van der Waals surface area contributed by atoms with Crippen LogP contribution in [0.2, 0.25) is 0 Å². The number of halogens is 2. The van der Waals surface area contributed by atoms with Gasteiger partial charge in [-0.05, 0) is 0 Å². The first-order valence-electron chi connectivity index (χ1n) is 14.7. The smallest absolute Gasteiger partial charge is 0.147 e. The Kier molecular flexibility index (Phi) is 18.4. The Balaban J connectivity index is 0.00000361. The van der Waals surface area contributed by atoms with Crippen LogP contribution in [0.3, 0.4) is 0 Å². The first kappa shape index (κ1) is 35.6. The quantitative estimate of drug-likeness (QED) is 0.141. The van der Waals surface area contributed by atoms with Gasteiger partial charge in [0.2, 0.25) is 0 Å². The molecular weight excluding hydrogens is 601 g/mol. The summed E-state index contributed by atoms with van der Waals surface area (Å²) in [5.74, 6) is -0.720. The van der Waals surface area contributed by atoms with E-state index in [1.165, 1.54) is 70.8 Å². The number of rotatable bonds is 16. The molecule has 0 fully saturated rings. The maximum absolute atomic E-state index is 4.36. The molecule has 0 radical (unpaired) electrons. The zero-order valence-corrected chi connectivity index (χ0v) is 29.8. The Morgan fingerprint density at radius 2 is 1.11 bits per heavy atom. The van der Waals surface area contributed by atoms with Gasteiger partial charge in [-0.15, -0.1) is 24.8 Å². The molecule has 0 saturated carbocycles. The van der Waals surface area contributed by atoms with Crippen LogP contribution < -0.4 is 13.6 Å². The Morgan fingerprint density at radius 1 is 0.658 bits per heavy atom. The second kappa shape index (κ2) is 19.6. The molecule has 0 aliphatic heterocycles. The van der Waals surface area contributed by atoms with Gasteiger partial charge in [0.25, 0.3) is 0 Å². The molecule has 1 unspecified atom stereocenters. The first-order chi connectivity index (χ1) is 17.6. The SMILES string of the molecule is CCCCCCCCCCCC[NH][Zr]([C]1=C(C)C(C)=C(C)C1C)[SiH](c1ccccc1)c1ccccc1.Cl.Cl. The monoisotopic (exact) mass is 650 g/mol. The van der Waals surface area contributed by atoms with E-state index in [0.29, 0.717) is 5.92 Å². The minimum absolute atomic E-state index is 0. The molecule has 0 spiro atoms. The average molecular weight is 653 g/mol. The molecule has 0 aromatic heterocycles. The minimum atomic E-state index is -2.17. The Hall–Kier alpha value is -0.440. The van der Waals surface area contributed by atoms with Crippen molar-refractivity contribution in [3.8, 4) is 0 Å². The standard InChI is InChI=1S/C12H26N.C12H11Si.C9H13.2ClH.Zr/c1-2-3-4-5-6-7-8-9-10-11-12-13;1-3-7-11(8-4-1)13-12-9-5-2-6-10-12;1-6-5-7(2)9(4)8(6)3;;;/h13H,2-12H2,1H3;1-10,13H;6H,1-4H3;2*1H;/q-1;;;;;+1. The maximum atomic E-state index is 4.36. The fourth-order valence-electron chi connectivity index (χ4n) is 5.80. The maximum Gasteiger partial charge on any atom is -0.147 e. The van der Waals surface area contributed by atoms with E-state index in [-0.39, 0.29) is 24.8 Å². The molecule has 5 heteroatoms. The predicted molar refractivity (Wildman–Crippen MR) is 174 cm³/mol. The van der Waals surface area contributed by atoms with Crippen LogP contribution in [0, 0.1) is 5.92 Å². The van der Waals surface area contributed by atoms with Crippen molar-refractivity contribution in [3.63, 3.8) is 0 Å². The second-order valence-corrected chi connectivity index (χ2v) is 24.9. The van der Waals surface area contributed by atoms with Crippen molar-refractivity contribution in [1.29, 1.82) is 0 Å². The van der Waals surface area contributed by atoms with Crippen molar-refractivity contribution in [2.24, 2.45) is 5.92 Å². The molecule has 1 N–H and O–H groups in total. The van der Waals surface area contributed by atoms with Crippen LogP contribution in [0.4, 0.5) is 0 Å². The number of unbranched alkanes of at least 4 members (excludes halogenated alkanes) is 9. The predicted octanol–water partition coefficient (Wildman–Crippen LogP) is 8.67. The van der Waals surface area contributed by atoms with Gasteiger partial charge in [0.1, 0.15) is 0 Å². The van der Waals surface area contributed by atoms with E-state index in [1.807, 2.05) is 3.28 Å². The van der Waals surface area contributed by atoms with Gasteiger partial charge in [-0.2, -0.15) is 0 Å². The van der Waals surface area contributed by atoms with E-state index in [2.05, 4.69) is 98.5 Å². The van der Waals surface area contributed by atoms with Crippen molar-refractivity contribution in [3.05, 3.63) is 80.7 Å². The van der Waals surface area contributed by atoms with Crippen molar-refractivity contribution >= 4 is 41.1 Å².